The summed E-state index contributed by atoms with van der Waals surface area (Å²) in [5.41, 5.74) is 2.69. The van der Waals surface area contributed by atoms with Crippen LogP contribution in [0.4, 0.5) is 5.82 Å². The zero-order chi connectivity index (χ0) is 16.4. The maximum absolute atomic E-state index is 4.56. The summed E-state index contributed by atoms with van der Waals surface area (Å²) in [5, 5.41) is 7.77. The predicted octanol–water partition coefficient (Wildman–Crippen LogP) is 3.92. The van der Waals surface area contributed by atoms with E-state index in [0.717, 1.165) is 24.6 Å². The van der Waals surface area contributed by atoms with Crippen LogP contribution in [0.1, 0.15) is 39.0 Å². The van der Waals surface area contributed by atoms with E-state index in [4.69, 9.17) is 0 Å². The lowest BCUT2D eigenvalue weighted by Gasteiger charge is -2.48. The number of hydrogen-bond acceptors (Lipinski definition) is 3. The van der Waals surface area contributed by atoms with Crippen molar-refractivity contribution in [3.63, 3.8) is 0 Å². The third kappa shape index (κ3) is 3.07. The second-order valence-electron chi connectivity index (χ2n) is 7.54. The lowest BCUT2D eigenvalue weighted by atomic mass is 9.86. The minimum absolute atomic E-state index is 0.384. The van der Waals surface area contributed by atoms with Crippen LogP contribution in [0.25, 0.3) is 11.3 Å². The summed E-state index contributed by atoms with van der Waals surface area (Å²) in [5.74, 6) is 1.09. The number of nitrogens with zero attached hydrogens (tertiary/aromatic N) is 3. The second kappa shape index (κ2) is 6.60. The molecule has 0 amide bonds. The van der Waals surface area contributed by atoms with E-state index in [2.05, 4.69) is 57.3 Å². The number of anilines is 1. The lowest BCUT2D eigenvalue weighted by molar-refractivity contribution is 0.0593. The third-order valence-electron chi connectivity index (χ3n) is 5.93. The van der Waals surface area contributed by atoms with Crippen LogP contribution in [-0.2, 0) is 0 Å². The van der Waals surface area contributed by atoms with Gasteiger partial charge in [0.25, 0.3) is 0 Å². The quantitative estimate of drug-likeness (QED) is 0.929. The lowest BCUT2D eigenvalue weighted by Crippen LogP contribution is -2.55. The number of aromatic amines is 1. The minimum atomic E-state index is 0.384. The molecule has 2 aliphatic rings. The molecule has 0 atom stereocenters. The summed E-state index contributed by atoms with van der Waals surface area (Å²) < 4.78 is 0. The van der Waals surface area contributed by atoms with Crippen LogP contribution in [-0.4, -0.2) is 46.8 Å². The van der Waals surface area contributed by atoms with Gasteiger partial charge in [0.15, 0.2) is 5.82 Å². The fourth-order valence-corrected chi connectivity index (χ4v) is 4.21. The van der Waals surface area contributed by atoms with Crippen LogP contribution in [0.2, 0.25) is 0 Å². The maximum atomic E-state index is 4.56. The molecule has 0 saturated carbocycles. The van der Waals surface area contributed by atoms with Crippen LogP contribution in [0.5, 0.6) is 0 Å². The number of rotatable bonds is 3. The standard InChI is InChI=1S/C20H28N4/c1-20(24-12-6-3-7-13-24)10-14-23(15-11-20)19-16-18(21-22-19)17-8-4-2-5-9-17/h2,4-5,8-9,16H,3,6-7,10-15H2,1H3,(H,21,22). The molecule has 2 aromatic rings. The Morgan fingerprint density at radius 1 is 0.958 bits per heavy atom. The minimum Gasteiger partial charge on any atom is -0.355 e. The number of hydrogen-bond donors (Lipinski definition) is 1. The molecule has 0 spiro atoms. The normalized spacial score (nSPS) is 21.8. The van der Waals surface area contributed by atoms with E-state index in [1.54, 1.807) is 0 Å². The topological polar surface area (TPSA) is 35.2 Å². The van der Waals surface area contributed by atoms with E-state index >= 15 is 0 Å². The number of likely N-dealkylation sites (tertiary alicyclic amines) is 1. The van der Waals surface area contributed by atoms with Gasteiger partial charge in [-0.15, -0.1) is 0 Å². The van der Waals surface area contributed by atoms with Gasteiger partial charge >= 0.3 is 0 Å². The van der Waals surface area contributed by atoms with E-state index < -0.39 is 0 Å². The van der Waals surface area contributed by atoms with Gasteiger partial charge in [0.1, 0.15) is 0 Å². The fourth-order valence-electron chi connectivity index (χ4n) is 4.21. The number of nitrogens with one attached hydrogen (secondary N) is 1. The first-order valence-corrected chi connectivity index (χ1v) is 9.35. The van der Waals surface area contributed by atoms with Gasteiger partial charge in [-0.05, 0) is 51.3 Å². The molecule has 1 N–H and O–H groups in total. The Balaban J connectivity index is 1.42. The highest BCUT2D eigenvalue weighted by atomic mass is 15.3. The molecule has 2 saturated heterocycles. The van der Waals surface area contributed by atoms with Gasteiger partial charge in [-0.25, -0.2) is 0 Å². The van der Waals surface area contributed by atoms with Crippen molar-refractivity contribution in [2.75, 3.05) is 31.1 Å². The Labute approximate surface area is 144 Å². The molecular weight excluding hydrogens is 296 g/mol. The zero-order valence-corrected chi connectivity index (χ0v) is 14.7. The Hall–Kier alpha value is -1.81. The van der Waals surface area contributed by atoms with Crippen LogP contribution < -0.4 is 4.90 Å². The summed E-state index contributed by atoms with van der Waals surface area (Å²) in [6, 6.07) is 12.6. The van der Waals surface area contributed by atoms with Crippen LogP contribution in [0, 0.1) is 0 Å². The number of H-pyrrole nitrogens is 1. The van der Waals surface area contributed by atoms with E-state index in [1.165, 1.54) is 50.8 Å². The summed E-state index contributed by atoms with van der Waals surface area (Å²) >= 11 is 0. The maximum Gasteiger partial charge on any atom is 0.150 e. The van der Waals surface area contributed by atoms with Gasteiger partial charge in [-0.3, -0.25) is 10.00 Å². The third-order valence-corrected chi connectivity index (χ3v) is 5.93. The molecule has 0 unspecified atom stereocenters. The highest BCUT2D eigenvalue weighted by Gasteiger charge is 2.36. The first-order chi connectivity index (χ1) is 11.7. The molecule has 4 nitrogen and oxygen atoms in total. The number of benzene rings is 1. The van der Waals surface area contributed by atoms with Crippen molar-refractivity contribution >= 4 is 5.82 Å². The van der Waals surface area contributed by atoms with Crippen molar-refractivity contribution in [2.45, 2.75) is 44.6 Å². The average molecular weight is 324 g/mol. The largest absolute Gasteiger partial charge is 0.355 e. The molecule has 0 aliphatic carbocycles. The molecule has 1 aromatic heterocycles. The molecule has 2 fully saturated rings. The zero-order valence-electron chi connectivity index (χ0n) is 14.7. The van der Waals surface area contributed by atoms with Crippen molar-refractivity contribution in [1.29, 1.82) is 0 Å². The molecule has 128 valence electrons. The van der Waals surface area contributed by atoms with Crippen molar-refractivity contribution in [2.24, 2.45) is 0 Å². The Morgan fingerprint density at radius 2 is 1.67 bits per heavy atom. The Bertz CT molecular complexity index is 649. The van der Waals surface area contributed by atoms with Gasteiger partial charge < -0.3 is 4.90 Å². The van der Waals surface area contributed by atoms with E-state index in [-0.39, 0.29) is 0 Å². The van der Waals surface area contributed by atoms with Gasteiger partial charge in [0.2, 0.25) is 0 Å². The summed E-state index contributed by atoms with van der Waals surface area (Å²) in [6.07, 6.45) is 6.63. The molecule has 24 heavy (non-hydrogen) atoms. The Morgan fingerprint density at radius 3 is 2.38 bits per heavy atom. The fraction of sp³-hybridized carbons (Fsp3) is 0.550. The van der Waals surface area contributed by atoms with Crippen LogP contribution in [0.15, 0.2) is 36.4 Å². The first kappa shape index (κ1) is 15.7. The van der Waals surface area contributed by atoms with Gasteiger partial charge in [-0.2, -0.15) is 5.10 Å². The molecule has 4 rings (SSSR count). The molecule has 1 aromatic carbocycles. The summed E-state index contributed by atoms with van der Waals surface area (Å²) in [7, 11) is 0. The predicted molar refractivity (Wildman–Crippen MR) is 99.3 cm³/mol. The van der Waals surface area contributed by atoms with Gasteiger partial charge in [0.05, 0.1) is 5.69 Å². The van der Waals surface area contributed by atoms with Crippen molar-refractivity contribution in [3.8, 4) is 11.3 Å². The highest BCUT2D eigenvalue weighted by Crippen LogP contribution is 2.33. The number of piperidine rings is 2. The van der Waals surface area contributed by atoms with E-state index in [0.29, 0.717) is 5.54 Å². The van der Waals surface area contributed by atoms with E-state index in [9.17, 15) is 0 Å². The molecule has 0 radical (unpaired) electrons. The van der Waals surface area contributed by atoms with Gasteiger partial charge in [-0.1, -0.05) is 36.8 Å². The van der Waals surface area contributed by atoms with Crippen molar-refractivity contribution in [1.82, 2.24) is 15.1 Å². The van der Waals surface area contributed by atoms with Crippen LogP contribution in [0.3, 0.4) is 0 Å². The molecule has 0 bridgehead atoms. The smallest absolute Gasteiger partial charge is 0.150 e. The van der Waals surface area contributed by atoms with Crippen molar-refractivity contribution < 1.29 is 0 Å². The Kier molecular flexibility index (Phi) is 4.31. The van der Waals surface area contributed by atoms with Crippen molar-refractivity contribution in [3.05, 3.63) is 36.4 Å². The van der Waals surface area contributed by atoms with Crippen LogP contribution >= 0.6 is 0 Å². The first-order valence-electron chi connectivity index (χ1n) is 9.35. The monoisotopic (exact) mass is 324 g/mol. The average Bonchev–Trinajstić information content (AvgIpc) is 3.14. The molecule has 3 heterocycles. The highest BCUT2D eigenvalue weighted by molar-refractivity contribution is 5.63. The number of aromatic nitrogens is 2. The molecule has 2 aliphatic heterocycles. The van der Waals surface area contributed by atoms with Gasteiger partial charge in [0, 0.05) is 24.7 Å². The SMILES string of the molecule is CC1(N2CCCCC2)CCN(c2cc(-c3ccccc3)[nH]n2)CC1. The summed E-state index contributed by atoms with van der Waals surface area (Å²) in [4.78, 5) is 5.18. The molecule has 4 heteroatoms. The molecular formula is C20H28N4. The second-order valence-corrected chi connectivity index (χ2v) is 7.54. The summed E-state index contributed by atoms with van der Waals surface area (Å²) in [6.45, 7) is 7.25. The van der Waals surface area contributed by atoms with E-state index in [1.807, 2.05) is 6.07 Å².